The molecule has 0 atom stereocenters. The smallest absolute Gasteiger partial charge is 0.165 e. The number of aromatic amines is 1. The number of hydrogen-bond acceptors (Lipinski definition) is 0. The number of nitrogens with one attached hydrogen (secondary N) is 1. The van der Waals surface area contributed by atoms with Crippen LogP contribution in [-0.2, 0) is 0 Å². The normalized spacial score (nSPS) is 11.1. The molecule has 2 aromatic rings. The van der Waals surface area contributed by atoms with E-state index in [2.05, 4.69) is 4.98 Å². The number of aromatic nitrogens is 1. The molecule has 4 heteroatoms. The monoisotopic (exact) mass is 217 g/mol. The van der Waals surface area contributed by atoms with Crippen LogP contribution in [0, 0.1) is 12.7 Å². The van der Waals surface area contributed by atoms with Gasteiger partial charge in [-0.25, -0.2) is 4.39 Å². The van der Waals surface area contributed by atoms with E-state index in [-0.39, 0.29) is 5.02 Å². The molecule has 0 unspecified atom stereocenters. The zero-order valence-corrected chi connectivity index (χ0v) is 8.30. The quantitative estimate of drug-likeness (QED) is 0.645. The van der Waals surface area contributed by atoms with Gasteiger partial charge in [-0.1, -0.05) is 23.2 Å². The Kier molecular flexibility index (Phi) is 1.97. The van der Waals surface area contributed by atoms with Crippen molar-refractivity contribution in [2.75, 3.05) is 0 Å². The molecule has 1 nitrogen and oxygen atoms in total. The van der Waals surface area contributed by atoms with E-state index >= 15 is 0 Å². The number of rotatable bonds is 0. The van der Waals surface area contributed by atoms with Gasteiger partial charge >= 0.3 is 0 Å². The maximum atomic E-state index is 13.4. The SMILES string of the molecule is Cc1cc2c(Cl)cc(Cl)c(F)c2[nH]1. The average Bonchev–Trinajstić information content (AvgIpc) is 2.44. The molecular formula is C9H6Cl2FN. The molecule has 1 heterocycles. The molecule has 0 saturated heterocycles. The highest BCUT2D eigenvalue weighted by Crippen LogP contribution is 2.31. The summed E-state index contributed by atoms with van der Waals surface area (Å²) in [6, 6.07) is 3.20. The second-order valence-electron chi connectivity index (χ2n) is 2.90. The van der Waals surface area contributed by atoms with Crippen LogP contribution in [-0.4, -0.2) is 4.98 Å². The largest absolute Gasteiger partial charge is 0.356 e. The van der Waals surface area contributed by atoms with Crippen LogP contribution in [0.2, 0.25) is 10.0 Å². The molecule has 1 aromatic heterocycles. The molecule has 13 heavy (non-hydrogen) atoms. The molecule has 0 bridgehead atoms. The Bertz CT molecular complexity index is 476. The minimum atomic E-state index is -0.450. The molecule has 0 aliphatic heterocycles. The van der Waals surface area contributed by atoms with E-state index in [1.165, 1.54) is 6.07 Å². The van der Waals surface area contributed by atoms with Crippen LogP contribution in [0.3, 0.4) is 0 Å². The lowest BCUT2D eigenvalue weighted by Gasteiger charge is -1.97. The highest BCUT2D eigenvalue weighted by Gasteiger charge is 2.11. The number of benzene rings is 1. The summed E-state index contributed by atoms with van der Waals surface area (Å²) in [6.45, 7) is 1.84. The van der Waals surface area contributed by atoms with E-state index in [0.717, 1.165) is 5.69 Å². The lowest BCUT2D eigenvalue weighted by atomic mass is 10.2. The van der Waals surface area contributed by atoms with Gasteiger partial charge < -0.3 is 4.98 Å². The van der Waals surface area contributed by atoms with E-state index < -0.39 is 5.82 Å². The van der Waals surface area contributed by atoms with Crippen molar-refractivity contribution < 1.29 is 4.39 Å². The third-order valence-electron chi connectivity index (χ3n) is 1.89. The van der Waals surface area contributed by atoms with Gasteiger partial charge in [-0.05, 0) is 19.1 Å². The summed E-state index contributed by atoms with van der Waals surface area (Å²) in [6.07, 6.45) is 0. The third-order valence-corrected chi connectivity index (χ3v) is 2.48. The van der Waals surface area contributed by atoms with Crippen molar-refractivity contribution in [2.24, 2.45) is 0 Å². The van der Waals surface area contributed by atoms with Crippen molar-refractivity contribution in [1.82, 2.24) is 4.98 Å². The van der Waals surface area contributed by atoms with Crippen LogP contribution in [0.4, 0.5) is 4.39 Å². The Hall–Kier alpha value is -0.730. The second kappa shape index (κ2) is 2.89. The van der Waals surface area contributed by atoms with Crippen molar-refractivity contribution in [3.63, 3.8) is 0 Å². The van der Waals surface area contributed by atoms with E-state index in [9.17, 15) is 4.39 Å². The van der Waals surface area contributed by atoms with Gasteiger partial charge in [0.05, 0.1) is 15.6 Å². The fourth-order valence-electron chi connectivity index (χ4n) is 1.32. The summed E-state index contributed by atoms with van der Waals surface area (Å²) in [4.78, 5) is 2.86. The van der Waals surface area contributed by atoms with Crippen molar-refractivity contribution in [1.29, 1.82) is 0 Å². The first-order chi connectivity index (χ1) is 6.09. The average molecular weight is 218 g/mol. The van der Waals surface area contributed by atoms with E-state index in [0.29, 0.717) is 15.9 Å². The lowest BCUT2D eigenvalue weighted by molar-refractivity contribution is 0.637. The van der Waals surface area contributed by atoms with E-state index in [4.69, 9.17) is 23.2 Å². The molecule has 0 aliphatic rings. The molecule has 1 aromatic carbocycles. The zero-order valence-electron chi connectivity index (χ0n) is 6.79. The number of fused-ring (bicyclic) bond motifs is 1. The first-order valence-corrected chi connectivity index (χ1v) is 4.48. The van der Waals surface area contributed by atoms with Gasteiger partial charge in [0.25, 0.3) is 0 Å². The number of H-pyrrole nitrogens is 1. The molecule has 0 aliphatic carbocycles. The van der Waals surface area contributed by atoms with Gasteiger partial charge in [0.2, 0.25) is 0 Å². The van der Waals surface area contributed by atoms with Crippen molar-refractivity contribution >= 4 is 34.1 Å². The highest BCUT2D eigenvalue weighted by atomic mass is 35.5. The Morgan fingerprint density at radius 3 is 2.62 bits per heavy atom. The van der Waals surface area contributed by atoms with Crippen LogP contribution in [0.1, 0.15) is 5.69 Å². The summed E-state index contributed by atoms with van der Waals surface area (Å²) in [5, 5.41) is 1.17. The van der Waals surface area contributed by atoms with Crippen LogP contribution < -0.4 is 0 Å². The van der Waals surface area contributed by atoms with Crippen molar-refractivity contribution in [3.05, 3.63) is 33.7 Å². The van der Waals surface area contributed by atoms with Gasteiger partial charge in [0, 0.05) is 11.1 Å². The summed E-state index contributed by atoms with van der Waals surface area (Å²) >= 11 is 11.5. The van der Waals surface area contributed by atoms with Gasteiger partial charge in [-0.3, -0.25) is 0 Å². The van der Waals surface area contributed by atoms with Crippen molar-refractivity contribution in [2.45, 2.75) is 6.92 Å². The van der Waals surface area contributed by atoms with Gasteiger partial charge in [-0.2, -0.15) is 0 Å². The predicted octanol–water partition coefficient (Wildman–Crippen LogP) is 3.92. The highest BCUT2D eigenvalue weighted by molar-refractivity contribution is 6.38. The Morgan fingerprint density at radius 1 is 1.23 bits per heavy atom. The molecule has 1 N–H and O–H groups in total. The first kappa shape index (κ1) is 8.85. The van der Waals surface area contributed by atoms with Crippen LogP contribution >= 0.6 is 23.2 Å². The van der Waals surface area contributed by atoms with Gasteiger partial charge in [0.1, 0.15) is 0 Å². The second-order valence-corrected chi connectivity index (χ2v) is 3.71. The third kappa shape index (κ3) is 1.30. The molecule has 2 rings (SSSR count). The van der Waals surface area contributed by atoms with E-state index in [1.807, 2.05) is 6.92 Å². The van der Waals surface area contributed by atoms with Crippen LogP contribution in [0.25, 0.3) is 10.9 Å². The fraction of sp³-hybridized carbons (Fsp3) is 0.111. The lowest BCUT2D eigenvalue weighted by Crippen LogP contribution is -1.80. The number of hydrogen-bond donors (Lipinski definition) is 1. The maximum absolute atomic E-state index is 13.4. The maximum Gasteiger partial charge on any atom is 0.165 e. The van der Waals surface area contributed by atoms with E-state index in [1.54, 1.807) is 6.07 Å². The van der Waals surface area contributed by atoms with Gasteiger partial charge in [0.15, 0.2) is 5.82 Å². The first-order valence-electron chi connectivity index (χ1n) is 3.72. The number of aryl methyl sites for hydroxylation is 1. The van der Waals surface area contributed by atoms with Gasteiger partial charge in [-0.15, -0.1) is 0 Å². The molecular weight excluding hydrogens is 212 g/mol. The predicted molar refractivity (Wildman–Crippen MR) is 53.0 cm³/mol. The number of halogens is 3. The molecule has 0 amide bonds. The van der Waals surface area contributed by atoms with Crippen LogP contribution in [0.15, 0.2) is 12.1 Å². The minimum absolute atomic E-state index is 0.0411. The topological polar surface area (TPSA) is 15.8 Å². The summed E-state index contributed by atoms with van der Waals surface area (Å²) in [7, 11) is 0. The van der Waals surface area contributed by atoms with Crippen molar-refractivity contribution in [3.8, 4) is 0 Å². The molecule has 0 radical (unpaired) electrons. The minimum Gasteiger partial charge on any atom is -0.356 e. The summed E-state index contributed by atoms with van der Waals surface area (Å²) in [5.74, 6) is -0.450. The zero-order chi connectivity index (χ0) is 9.59. The Morgan fingerprint density at radius 2 is 1.92 bits per heavy atom. The Balaban J connectivity index is 2.95. The summed E-state index contributed by atoms with van der Waals surface area (Å²) in [5.41, 5.74) is 1.23. The molecule has 0 saturated carbocycles. The standard InChI is InChI=1S/C9H6Cl2FN/c1-4-2-5-6(10)3-7(11)8(12)9(5)13-4/h2-3,13H,1H3. The van der Waals surface area contributed by atoms with Crippen LogP contribution in [0.5, 0.6) is 0 Å². The molecule has 68 valence electrons. The molecule has 0 spiro atoms. The fourth-order valence-corrected chi connectivity index (χ4v) is 1.84. The molecule has 0 fully saturated rings. The Labute approximate surface area is 84.5 Å². The summed E-state index contributed by atoms with van der Waals surface area (Å²) < 4.78 is 13.4.